The van der Waals surface area contributed by atoms with Crippen LogP contribution in [0.3, 0.4) is 0 Å². The molecule has 2 atom stereocenters. The highest BCUT2D eigenvalue weighted by Gasteiger charge is 2.36. The summed E-state index contributed by atoms with van der Waals surface area (Å²) in [5.74, 6) is -0.646. The number of imide groups is 1. The lowest BCUT2D eigenvalue weighted by Crippen LogP contribution is -2.34. The van der Waals surface area contributed by atoms with Gasteiger partial charge in [-0.1, -0.05) is 25.1 Å². The van der Waals surface area contributed by atoms with E-state index in [1.165, 1.54) is 4.90 Å². The number of aryl methyl sites for hydroxylation is 2. The zero-order valence-corrected chi connectivity index (χ0v) is 11.5. The fourth-order valence-corrected chi connectivity index (χ4v) is 2.29. The smallest absolute Gasteiger partial charge is 0.232 e. The van der Waals surface area contributed by atoms with E-state index in [1.54, 1.807) is 6.92 Å². The van der Waals surface area contributed by atoms with Gasteiger partial charge in [0.05, 0.1) is 12.6 Å². The molecule has 1 aromatic rings. The molecule has 0 bridgehead atoms. The molecule has 1 aromatic carbocycles. The predicted molar refractivity (Wildman–Crippen MR) is 71.4 cm³/mol. The molecule has 2 amide bonds. The van der Waals surface area contributed by atoms with Gasteiger partial charge in [-0.3, -0.25) is 14.5 Å². The Bertz CT molecular complexity index is 524. The summed E-state index contributed by atoms with van der Waals surface area (Å²) >= 11 is 0. The molecule has 2 rings (SSSR count). The van der Waals surface area contributed by atoms with Crippen molar-refractivity contribution in [2.24, 2.45) is 5.92 Å². The molecular formula is C15H19NO3. The van der Waals surface area contributed by atoms with E-state index >= 15 is 0 Å². The maximum absolute atomic E-state index is 11.8. The Balaban J connectivity index is 2.12. The summed E-state index contributed by atoms with van der Waals surface area (Å²) in [5.41, 5.74) is 2.98. The summed E-state index contributed by atoms with van der Waals surface area (Å²) in [4.78, 5) is 24.6. The Morgan fingerprint density at radius 1 is 1.32 bits per heavy atom. The monoisotopic (exact) mass is 261 g/mol. The van der Waals surface area contributed by atoms with E-state index in [2.05, 4.69) is 0 Å². The minimum Gasteiger partial charge on any atom is -0.387 e. The van der Waals surface area contributed by atoms with Crippen molar-refractivity contribution in [2.45, 2.75) is 33.3 Å². The first-order valence-corrected chi connectivity index (χ1v) is 6.49. The van der Waals surface area contributed by atoms with Crippen LogP contribution in [0.15, 0.2) is 18.2 Å². The van der Waals surface area contributed by atoms with Crippen LogP contribution in [0.1, 0.15) is 36.1 Å². The van der Waals surface area contributed by atoms with Gasteiger partial charge in [0.15, 0.2) is 0 Å². The van der Waals surface area contributed by atoms with Crippen LogP contribution >= 0.6 is 0 Å². The Labute approximate surface area is 113 Å². The Morgan fingerprint density at radius 2 is 2.00 bits per heavy atom. The number of likely N-dealkylation sites (tertiary alicyclic amines) is 1. The van der Waals surface area contributed by atoms with Crippen LogP contribution in [0.5, 0.6) is 0 Å². The maximum Gasteiger partial charge on any atom is 0.232 e. The van der Waals surface area contributed by atoms with E-state index in [-0.39, 0.29) is 30.7 Å². The lowest BCUT2D eigenvalue weighted by molar-refractivity contribution is -0.140. The number of benzene rings is 1. The van der Waals surface area contributed by atoms with Crippen molar-refractivity contribution in [3.63, 3.8) is 0 Å². The highest BCUT2D eigenvalue weighted by Crippen LogP contribution is 2.23. The van der Waals surface area contributed by atoms with Crippen molar-refractivity contribution in [1.82, 2.24) is 4.90 Å². The molecule has 2 unspecified atom stereocenters. The van der Waals surface area contributed by atoms with Crippen molar-refractivity contribution in [1.29, 1.82) is 0 Å². The SMILES string of the molecule is Cc1ccc(C(O)CN2C(=O)CC(C)C2=O)cc1C. The summed E-state index contributed by atoms with van der Waals surface area (Å²) in [5, 5.41) is 10.2. The zero-order chi connectivity index (χ0) is 14.2. The predicted octanol–water partition coefficient (Wildman–Crippen LogP) is 1.73. The van der Waals surface area contributed by atoms with Gasteiger partial charge < -0.3 is 5.11 Å². The number of β-amino-alcohol motifs (C(OH)–C–C–N with tert-alkyl or cyclic N) is 1. The molecule has 4 heteroatoms. The summed E-state index contributed by atoms with van der Waals surface area (Å²) in [7, 11) is 0. The summed E-state index contributed by atoms with van der Waals surface area (Å²) in [6, 6.07) is 5.67. The largest absolute Gasteiger partial charge is 0.387 e. The van der Waals surface area contributed by atoms with Crippen LogP contribution in [0.4, 0.5) is 0 Å². The van der Waals surface area contributed by atoms with Gasteiger partial charge in [-0.2, -0.15) is 0 Å². The molecule has 1 fully saturated rings. The van der Waals surface area contributed by atoms with Gasteiger partial charge >= 0.3 is 0 Å². The van der Waals surface area contributed by atoms with Gasteiger partial charge in [0.1, 0.15) is 0 Å². The third kappa shape index (κ3) is 2.68. The first-order chi connectivity index (χ1) is 8.90. The molecule has 1 heterocycles. The molecule has 4 nitrogen and oxygen atoms in total. The Kier molecular flexibility index (Phi) is 3.71. The number of carbonyl (C=O) groups excluding carboxylic acids is 2. The van der Waals surface area contributed by atoms with Gasteiger partial charge in [-0.05, 0) is 30.5 Å². The van der Waals surface area contributed by atoms with E-state index < -0.39 is 6.10 Å². The van der Waals surface area contributed by atoms with Crippen LogP contribution in [-0.2, 0) is 9.59 Å². The second-order valence-corrected chi connectivity index (χ2v) is 5.31. The minimum atomic E-state index is -0.822. The Hall–Kier alpha value is -1.68. The number of hydrogen-bond donors (Lipinski definition) is 1. The van der Waals surface area contributed by atoms with E-state index in [4.69, 9.17) is 0 Å². The van der Waals surface area contributed by atoms with Crippen LogP contribution < -0.4 is 0 Å². The molecule has 102 valence electrons. The van der Waals surface area contributed by atoms with E-state index in [9.17, 15) is 14.7 Å². The highest BCUT2D eigenvalue weighted by atomic mass is 16.3. The highest BCUT2D eigenvalue weighted by molar-refractivity contribution is 6.03. The van der Waals surface area contributed by atoms with Crippen LogP contribution in [0.2, 0.25) is 0 Å². The van der Waals surface area contributed by atoms with Gasteiger partial charge in [0.2, 0.25) is 11.8 Å². The lowest BCUT2D eigenvalue weighted by atomic mass is 10.0. The normalized spacial score (nSPS) is 21.1. The third-order valence-electron chi connectivity index (χ3n) is 3.74. The third-order valence-corrected chi connectivity index (χ3v) is 3.74. The number of amides is 2. The van der Waals surface area contributed by atoms with E-state index in [1.807, 2.05) is 32.0 Å². The molecule has 0 spiro atoms. The quantitative estimate of drug-likeness (QED) is 0.843. The number of aliphatic hydroxyl groups is 1. The molecule has 0 radical (unpaired) electrons. The second kappa shape index (κ2) is 5.13. The number of nitrogens with zero attached hydrogens (tertiary/aromatic N) is 1. The summed E-state index contributed by atoms with van der Waals surface area (Å²) < 4.78 is 0. The second-order valence-electron chi connectivity index (χ2n) is 5.31. The van der Waals surface area contributed by atoms with Crippen molar-refractivity contribution < 1.29 is 14.7 Å². The molecule has 0 saturated carbocycles. The lowest BCUT2D eigenvalue weighted by Gasteiger charge is -2.19. The Morgan fingerprint density at radius 3 is 2.53 bits per heavy atom. The van der Waals surface area contributed by atoms with Crippen molar-refractivity contribution >= 4 is 11.8 Å². The first-order valence-electron chi connectivity index (χ1n) is 6.49. The molecule has 0 aliphatic carbocycles. The number of carbonyl (C=O) groups is 2. The average molecular weight is 261 g/mol. The van der Waals surface area contributed by atoms with E-state index in [0.717, 1.165) is 16.7 Å². The molecule has 1 N–H and O–H groups in total. The van der Waals surface area contributed by atoms with E-state index in [0.29, 0.717) is 0 Å². The maximum atomic E-state index is 11.8. The fourth-order valence-electron chi connectivity index (χ4n) is 2.29. The summed E-state index contributed by atoms with van der Waals surface area (Å²) in [6.45, 7) is 5.76. The topological polar surface area (TPSA) is 57.6 Å². The van der Waals surface area contributed by atoms with Gasteiger partial charge in [0.25, 0.3) is 0 Å². The molecule has 1 aliphatic rings. The van der Waals surface area contributed by atoms with Crippen molar-refractivity contribution in [3.8, 4) is 0 Å². The standard InChI is InChI=1S/C15H19NO3/c1-9-4-5-12(6-10(9)2)13(17)8-16-14(18)7-11(3)15(16)19/h4-6,11,13,17H,7-8H2,1-3H3. The van der Waals surface area contributed by atoms with Gasteiger partial charge in [-0.15, -0.1) is 0 Å². The first kappa shape index (κ1) is 13.7. The molecular weight excluding hydrogens is 242 g/mol. The van der Waals surface area contributed by atoms with Crippen molar-refractivity contribution in [2.75, 3.05) is 6.54 Å². The van der Waals surface area contributed by atoms with Crippen LogP contribution in [0, 0.1) is 19.8 Å². The number of hydrogen-bond acceptors (Lipinski definition) is 3. The van der Waals surface area contributed by atoms with Gasteiger partial charge in [-0.25, -0.2) is 0 Å². The fraction of sp³-hybridized carbons (Fsp3) is 0.467. The van der Waals surface area contributed by atoms with Crippen LogP contribution in [0.25, 0.3) is 0 Å². The molecule has 1 saturated heterocycles. The summed E-state index contributed by atoms with van der Waals surface area (Å²) in [6.07, 6.45) is -0.573. The van der Waals surface area contributed by atoms with Crippen molar-refractivity contribution in [3.05, 3.63) is 34.9 Å². The molecule has 19 heavy (non-hydrogen) atoms. The number of aliphatic hydroxyl groups excluding tert-OH is 1. The molecule has 0 aromatic heterocycles. The number of rotatable bonds is 3. The van der Waals surface area contributed by atoms with Crippen LogP contribution in [-0.4, -0.2) is 28.4 Å². The molecule has 1 aliphatic heterocycles. The minimum absolute atomic E-state index is 0.0461. The average Bonchev–Trinajstić information content (AvgIpc) is 2.59. The zero-order valence-electron chi connectivity index (χ0n) is 11.5. The van der Waals surface area contributed by atoms with Gasteiger partial charge in [0, 0.05) is 12.3 Å².